The second-order valence-electron chi connectivity index (χ2n) is 4.71. The van der Waals surface area contributed by atoms with Gasteiger partial charge in [-0.15, -0.1) is 0 Å². The lowest BCUT2D eigenvalue weighted by Crippen LogP contribution is -2.32. The van der Waals surface area contributed by atoms with Crippen LogP contribution in [0.5, 0.6) is 0 Å². The molecule has 0 spiro atoms. The Balaban J connectivity index is 2.19. The van der Waals surface area contributed by atoms with E-state index in [9.17, 15) is 13.2 Å². The Labute approximate surface area is 128 Å². The van der Waals surface area contributed by atoms with Gasteiger partial charge in [-0.2, -0.15) is 0 Å². The van der Waals surface area contributed by atoms with Crippen LogP contribution in [0.4, 0.5) is 0 Å². The molecule has 1 heterocycles. The molecule has 1 amide bonds. The topological polar surface area (TPSA) is 84.5 Å². The van der Waals surface area contributed by atoms with Gasteiger partial charge in [-0.1, -0.05) is 11.6 Å². The normalized spacial score (nSPS) is 18.7. The van der Waals surface area contributed by atoms with E-state index in [4.69, 9.17) is 16.3 Å². The molecule has 1 aromatic rings. The number of carbonyl (C=O) groups excluding carboxylic acids is 1. The van der Waals surface area contributed by atoms with Crippen molar-refractivity contribution < 1.29 is 17.9 Å². The highest BCUT2D eigenvalue weighted by Gasteiger charge is 2.23. The van der Waals surface area contributed by atoms with E-state index in [1.54, 1.807) is 0 Å². The molecule has 8 heteroatoms. The molecule has 0 bridgehead atoms. The van der Waals surface area contributed by atoms with E-state index in [1.165, 1.54) is 25.2 Å². The molecule has 1 atom stereocenters. The van der Waals surface area contributed by atoms with Crippen LogP contribution in [0.1, 0.15) is 23.2 Å². The highest BCUT2D eigenvalue weighted by molar-refractivity contribution is 7.89. The Hall–Kier alpha value is -1.15. The van der Waals surface area contributed by atoms with Gasteiger partial charge in [0.15, 0.2) is 0 Å². The Morgan fingerprint density at radius 3 is 2.86 bits per heavy atom. The van der Waals surface area contributed by atoms with Crippen LogP contribution in [-0.2, 0) is 14.8 Å². The molecular formula is C13H17ClN2O4S. The summed E-state index contributed by atoms with van der Waals surface area (Å²) in [6.45, 7) is 0.849. The zero-order valence-electron chi connectivity index (χ0n) is 11.6. The molecule has 116 valence electrons. The van der Waals surface area contributed by atoms with Gasteiger partial charge in [0, 0.05) is 25.8 Å². The molecule has 1 aromatic carbocycles. The van der Waals surface area contributed by atoms with Crippen LogP contribution in [0, 0.1) is 0 Å². The van der Waals surface area contributed by atoms with Crippen molar-refractivity contribution in [3.05, 3.63) is 28.8 Å². The summed E-state index contributed by atoms with van der Waals surface area (Å²) in [7, 11) is -2.31. The highest BCUT2D eigenvalue weighted by Crippen LogP contribution is 2.23. The van der Waals surface area contributed by atoms with Crippen LogP contribution in [0.2, 0.25) is 5.02 Å². The van der Waals surface area contributed by atoms with E-state index in [2.05, 4.69) is 10.0 Å². The minimum Gasteiger partial charge on any atom is -0.377 e. The monoisotopic (exact) mass is 332 g/mol. The fourth-order valence-corrected chi connectivity index (χ4v) is 3.67. The second-order valence-corrected chi connectivity index (χ2v) is 6.85. The first-order valence-corrected chi connectivity index (χ1v) is 8.43. The summed E-state index contributed by atoms with van der Waals surface area (Å²) in [4.78, 5) is 11.5. The molecule has 1 saturated heterocycles. The van der Waals surface area contributed by atoms with Crippen molar-refractivity contribution in [2.45, 2.75) is 23.8 Å². The fourth-order valence-electron chi connectivity index (χ4n) is 2.08. The number of sulfonamides is 1. The molecular weight excluding hydrogens is 316 g/mol. The van der Waals surface area contributed by atoms with Crippen molar-refractivity contribution in [2.75, 3.05) is 20.2 Å². The number of nitrogens with one attached hydrogen (secondary N) is 2. The predicted molar refractivity (Wildman–Crippen MR) is 79.0 cm³/mol. The summed E-state index contributed by atoms with van der Waals surface area (Å²) in [5.41, 5.74) is 0.236. The van der Waals surface area contributed by atoms with Gasteiger partial charge in [-0.05, 0) is 31.0 Å². The first-order valence-electron chi connectivity index (χ1n) is 6.57. The lowest BCUT2D eigenvalue weighted by Gasteiger charge is -2.13. The standard InChI is InChI=1S/C13H17ClN2O4S/c1-15-13(17)9-4-5-11(14)12(7-9)21(18,19)16-8-10-3-2-6-20-10/h4-5,7,10,16H,2-3,6,8H2,1H3,(H,15,17). The first kappa shape index (κ1) is 16.2. The van der Waals surface area contributed by atoms with E-state index >= 15 is 0 Å². The molecule has 0 saturated carbocycles. The van der Waals surface area contributed by atoms with Crippen LogP contribution in [-0.4, -0.2) is 40.6 Å². The minimum atomic E-state index is -3.78. The van der Waals surface area contributed by atoms with E-state index in [0.29, 0.717) is 6.61 Å². The number of hydrogen-bond acceptors (Lipinski definition) is 4. The summed E-state index contributed by atoms with van der Waals surface area (Å²) in [6, 6.07) is 4.13. The lowest BCUT2D eigenvalue weighted by atomic mass is 10.2. The number of halogens is 1. The molecule has 6 nitrogen and oxygen atoms in total. The summed E-state index contributed by atoms with van der Waals surface area (Å²) in [5.74, 6) is -0.373. The van der Waals surface area contributed by atoms with Crippen molar-refractivity contribution in [1.82, 2.24) is 10.0 Å². The fraction of sp³-hybridized carbons (Fsp3) is 0.462. The SMILES string of the molecule is CNC(=O)c1ccc(Cl)c(S(=O)(=O)NCC2CCCO2)c1. The Bertz CT molecular complexity index is 627. The number of rotatable bonds is 5. The van der Waals surface area contributed by atoms with Gasteiger partial charge < -0.3 is 10.1 Å². The summed E-state index contributed by atoms with van der Waals surface area (Å²) >= 11 is 5.94. The number of hydrogen-bond donors (Lipinski definition) is 2. The van der Waals surface area contributed by atoms with Gasteiger partial charge in [0.2, 0.25) is 10.0 Å². The zero-order valence-corrected chi connectivity index (χ0v) is 13.1. The van der Waals surface area contributed by atoms with E-state index < -0.39 is 10.0 Å². The Kier molecular flexibility index (Phi) is 5.21. The Morgan fingerprint density at radius 2 is 2.24 bits per heavy atom. The van der Waals surface area contributed by atoms with Crippen LogP contribution in [0.15, 0.2) is 23.1 Å². The molecule has 1 aliphatic rings. The van der Waals surface area contributed by atoms with Crippen molar-refractivity contribution in [3.63, 3.8) is 0 Å². The van der Waals surface area contributed by atoms with Crippen molar-refractivity contribution in [3.8, 4) is 0 Å². The maximum absolute atomic E-state index is 12.3. The number of ether oxygens (including phenoxy) is 1. The van der Waals surface area contributed by atoms with Crippen molar-refractivity contribution >= 4 is 27.5 Å². The maximum Gasteiger partial charge on any atom is 0.251 e. The Morgan fingerprint density at radius 1 is 1.48 bits per heavy atom. The maximum atomic E-state index is 12.3. The largest absolute Gasteiger partial charge is 0.377 e. The highest BCUT2D eigenvalue weighted by atomic mass is 35.5. The molecule has 0 aliphatic carbocycles. The van der Waals surface area contributed by atoms with Gasteiger partial charge >= 0.3 is 0 Å². The minimum absolute atomic E-state index is 0.0718. The third-order valence-electron chi connectivity index (χ3n) is 3.23. The summed E-state index contributed by atoms with van der Waals surface area (Å²) in [5, 5.41) is 2.51. The average molecular weight is 333 g/mol. The molecule has 2 N–H and O–H groups in total. The molecule has 21 heavy (non-hydrogen) atoms. The number of benzene rings is 1. The smallest absolute Gasteiger partial charge is 0.251 e. The number of amides is 1. The van der Waals surface area contributed by atoms with Crippen LogP contribution in [0.25, 0.3) is 0 Å². The molecule has 0 aromatic heterocycles. The van der Waals surface area contributed by atoms with Crippen LogP contribution in [0.3, 0.4) is 0 Å². The summed E-state index contributed by atoms with van der Waals surface area (Å²) < 4.78 is 32.4. The third kappa shape index (κ3) is 3.94. The van der Waals surface area contributed by atoms with Gasteiger partial charge in [0.25, 0.3) is 5.91 Å². The van der Waals surface area contributed by atoms with E-state index in [-0.39, 0.29) is 34.0 Å². The average Bonchev–Trinajstić information content (AvgIpc) is 2.98. The molecule has 1 unspecified atom stereocenters. The molecule has 1 fully saturated rings. The van der Waals surface area contributed by atoms with Gasteiger partial charge in [0.1, 0.15) is 4.90 Å². The first-order chi connectivity index (χ1) is 9.94. The van der Waals surface area contributed by atoms with E-state index in [1.807, 2.05) is 0 Å². The van der Waals surface area contributed by atoms with Crippen LogP contribution < -0.4 is 10.0 Å². The predicted octanol–water partition coefficient (Wildman–Crippen LogP) is 1.16. The van der Waals surface area contributed by atoms with Gasteiger partial charge in [-0.25, -0.2) is 13.1 Å². The second kappa shape index (κ2) is 6.74. The number of carbonyl (C=O) groups is 1. The molecule has 1 aliphatic heterocycles. The van der Waals surface area contributed by atoms with Crippen molar-refractivity contribution in [2.24, 2.45) is 0 Å². The van der Waals surface area contributed by atoms with Gasteiger partial charge in [0.05, 0.1) is 11.1 Å². The molecule has 0 radical (unpaired) electrons. The third-order valence-corrected chi connectivity index (χ3v) is 5.14. The molecule has 2 rings (SSSR count). The summed E-state index contributed by atoms with van der Waals surface area (Å²) in [6.07, 6.45) is 1.65. The van der Waals surface area contributed by atoms with Crippen molar-refractivity contribution in [1.29, 1.82) is 0 Å². The van der Waals surface area contributed by atoms with Crippen LogP contribution >= 0.6 is 11.6 Å². The zero-order chi connectivity index (χ0) is 15.5. The van der Waals surface area contributed by atoms with E-state index in [0.717, 1.165) is 12.8 Å². The van der Waals surface area contributed by atoms with Gasteiger partial charge in [-0.3, -0.25) is 4.79 Å². The quantitative estimate of drug-likeness (QED) is 0.847. The lowest BCUT2D eigenvalue weighted by molar-refractivity contribution is 0.0963.